The van der Waals surface area contributed by atoms with E-state index >= 15 is 0 Å². The summed E-state index contributed by atoms with van der Waals surface area (Å²) >= 11 is 11.7. The maximum atomic E-state index is 12.2. The summed E-state index contributed by atoms with van der Waals surface area (Å²) in [7, 11) is -2.62. The van der Waals surface area contributed by atoms with E-state index in [0.29, 0.717) is 16.3 Å². The van der Waals surface area contributed by atoms with Crippen LogP contribution in [0.2, 0.25) is 10.0 Å². The van der Waals surface area contributed by atoms with Gasteiger partial charge in [-0.2, -0.15) is 0 Å². The molecule has 2 rings (SSSR count). The molecule has 0 radical (unpaired) electrons. The summed E-state index contributed by atoms with van der Waals surface area (Å²) in [5, 5.41) is 8.27. The van der Waals surface area contributed by atoms with Crippen LogP contribution >= 0.6 is 23.2 Å². The van der Waals surface area contributed by atoms with Crippen molar-refractivity contribution in [3.05, 3.63) is 52.0 Å². The van der Waals surface area contributed by atoms with Crippen LogP contribution in [0.25, 0.3) is 0 Å². The number of amides is 1. The van der Waals surface area contributed by atoms with Gasteiger partial charge in [0.1, 0.15) is 10.6 Å². The summed E-state index contributed by atoms with van der Waals surface area (Å²) in [5.41, 5.74) is 0.638. The highest BCUT2D eigenvalue weighted by Crippen LogP contribution is 2.27. The summed E-state index contributed by atoms with van der Waals surface area (Å²) in [5.74, 6) is -0.409. The van der Waals surface area contributed by atoms with Crippen LogP contribution in [0.3, 0.4) is 0 Å². The smallest absolute Gasteiger partial charge is 0.255 e. The predicted molar refractivity (Wildman–Crippen MR) is 88.8 cm³/mol. The molecule has 0 atom stereocenters. The summed E-state index contributed by atoms with van der Waals surface area (Å²) in [6.07, 6.45) is 0. The van der Waals surface area contributed by atoms with Crippen molar-refractivity contribution in [3.63, 3.8) is 0 Å². The maximum Gasteiger partial charge on any atom is 0.255 e. The van der Waals surface area contributed by atoms with Crippen molar-refractivity contribution in [1.29, 1.82) is 0 Å². The molecule has 0 aromatic heterocycles. The van der Waals surface area contributed by atoms with Crippen molar-refractivity contribution >= 4 is 44.8 Å². The summed E-state index contributed by atoms with van der Waals surface area (Å²) < 4.78 is 27.8. The predicted octanol–water partition coefficient (Wildman–Crippen LogP) is 2.90. The van der Waals surface area contributed by atoms with Gasteiger partial charge >= 0.3 is 0 Å². The van der Waals surface area contributed by atoms with Crippen LogP contribution in [0.15, 0.2) is 41.3 Å². The van der Waals surface area contributed by atoms with E-state index in [0.717, 1.165) is 0 Å². The molecule has 0 spiro atoms. The monoisotopic (exact) mass is 374 g/mol. The lowest BCUT2D eigenvalue weighted by Crippen LogP contribution is -2.15. The topological polar surface area (TPSA) is 98.5 Å². The molecule has 9 heteroatoms. The summed E-state index contributed by atoms with van der Waals surface area (Å²) in [4.78, 5) is 12.0. The zero-order chi connectivity index (χ0) is 17.2. The molecule has 1 amide bonds. The van der Waals surface area contributed by atoms with E-state index < -0.39 is 15.9 Å². The number of carbonyl (C=O) groups excluding carboxylic acids is 1. The van der Waals surface area contributed by atoms with Crippen LogP contribution in [0.1, 0.15) is 10.4 Å². The van der Waals surface area contributed by atoms with Gasteiger partial charge in [-0.3, -0.25) is 4.79 Å². The fourth-order valence-electron chi connectivity index (χ4n) is 1.82. The third-order valence-corrected chi connectivity index (χ3v) is 4.60. The van der Waals surface area contributed by atoms with Gasteiger partial charge in [-0.1, -0.05) is 23.2 Å². The minimum Gasteiger partial charge on any atom is -0.495 e. The Morgan fingerprint density at radius 2 is 1.83 bits per heavy atom. The first-order valence-corrected chi connectivity index (χ1v) is 8.50. The van der Waals surface area contributed by atoms with Gasteiger partial charge in [-0.05, 0) is 30.3 Å². The number of hydrogen-bond donors (Lipinski definition) is 2. The number of ether oxygens (including phenoxy) is 1. The van der Waals surface area contributed by atoms with E-state index in [1.807, 2.05) is 0 Å². The Morgan fingerprint density at radius 1 is 1.13 bits per heavy atom. The Kier molecular flexibility index (Phi) is 5.16. The Balaban J connectivity index is 2.29. The van der Waals surface area contributed by atoms with Crippen molar-refractivity contribution in [2.75, 3.05) is 12.4 Å². The molecule has 0 aliphatic rings. The number of primary sulfonamides is 1. The van der Waals surface area contributed by atoms with Crippen LogP contribution in [0.4, 0.5) is 5.69 Å². The number of halogens is 2. The van der Waals surface area contributed by atoms with E-state index in [1.54, 1.807) is 0 Å². The first kappa shape index (κ1) is 17.6. The number of nitrogens with two attached hydrogens (primary N) is 1. The minimum absolute atomic E-state index is 0.0273. The fourth-order valence-corrected chi connectivity index (χ4v) is 2.80. The van der Waals surface area contributed by atoms with Crippen LogP contribution in [0, 0.1) is 0 Å². The van der Waals surface area contributed by atoms with Crippen molar-refractivity contribution in [2.45, 2.75) is 4.90 Å². The molecule has 2 aromatic rings. The number of sulfonamides is 1. The average Bonchev–Trinajstić information content (AvgIpc) is 2.48. The van der Waals surface area contributed by atoms with Crippen molar-refractivity contribution in [2.24, 2.45) is 5.14 Å². The number of nitrogens with one attached hydrogen (secondary N) is 1. The lowest BCUT2D eigenvalue weighted by molar-refractivity contribution is 0.102. The standard InChI is InChI=1S/C14H12Cl2N2O4S/c1-22-12-7-9(3-5-13(12)23(17,20)21)18-14(19)8-2-4-10(15)11(16)6-8/h2-7H,1H3,(H,18,19)(H2,17,20,21). The van der Waals surface area contributed by atoms with Crippen molar-refractivity contribution in [3.8, 4) is 5.75 Å². The number of anilines is 1. The fraction of sp³-hybridized carbons (Fsp3) is 0.0714. The highest BCUT2D eigenvalue weighted by molar-refractivity contribution is 7.89. The number of carbonyl (C=O) groups is 1. The van der Waals surface area contributed by atoms with Gasteiger partial charge in [0, 0.05) is 17.3 Å². The average molecular weight is 375 g/mol. The lowest BCUT2D eigenvalue weighted by Gasteiger charge is -2.10. The molecule has 0 bridgehead atoms. The van der Waals surface area contributed by atoms with Gasteiger partial charge in [-0.15, -0.1) is 0 Å². The van der Waals surface area contributed by atoms with Crippen LogP contribution in [-0.2, 0) is 10.0 Å². The number of rotatable bonds is 4. The SMILES string of the molecule is COc1cc(NC(=O)c2ccc(Cl)c(Cl)c2)ccc1S(N)(=O)=O. The quantitative estimate of drug-likeness (QED) is 0.859. The van der Waals surface area contributed by atoms with E-state index in [-0.39, 0.29) is 15.7 Å². The molecule has 6 nitrogen and oxygen atoms in total. The summed E-state index contributed by atoms with van der Waals surface area (Å²) in [6.45, 7) is 0. The molecule has 3 N–H and O–H groups in total. The third kappa shape index (κ3) is 4.14. The molecular weight excluding hydrogens is 363 g/mol. The first-order valence-electron chi connectivity index (χ1n) is 6.19. The molecule has 0 saturated carbocycles. The molecule has 0 saturated heterocycles. The van der Waals surface area contributed by atoms with E-state index in [4.69, 9.17) is 33.1 Å². The minimum atomic E-state index is -3.92. The normalized spacial score (nSPS) is 11.1. The van der Waals surface area contributed by atoms with Crippen LogP contribution < -0.4 is 15.2 Å². The molecule has 0 fully saturated rings. The number of methoxy groups -OCH3 is 1. The van der Waals surface area contributed by atoms with Gasteiger partial charge < -0.3 is 10.1 Å². The molecule has 0 heterocycles. The van der Waals surface area contributed by atoms with Gasteiger partial charge in [0.2, 0.25) is 10.0 Å². The molecule has 122 valence electrons. The molecular formula is C14H12Cl2N2O4S. The Bertz CT molecular complexity index is 869. The van der Waals surface area contributed by atoms with Crippen LogP contribution in [0.5, 0.6) is 5.75 Å². The van der Waals surface area contributed by atoms with Gasteiger partial charge in [0.15, 0.2) is 0 Å². The van der Waals surface area contributed by atoms with E-state index in [2.05, 4.69) is 5.32 Å². The molecule has 0 unspecified atom stereocenters. The molecule has 2 aromatic carbocycles. The Labute approximate surface area is 143 Å². The zero-order valence-corrected chi connectivity index (χ0v) is 14.2. The second-order valence-electron chi connectivity index (χ2n) is 4.49. The zero-order valence-electron chi connectivity index (χ0n) is 11.8. The molecule has 0 aliphatic carbocycles. The van der Waals surface area contributed by atoms with Gasteiger partial charge in [0.05, 0.1) is 17.2 Å². The van der Waals surface area contributed by atoms with Gasteiger partial charge in [0.25, 0.3) is 5.91 Å². The highest BCUT2D eigenvalue weighted by atomic mass is 35.5. The lowest BCUT2D eigenvalue weighted by atomic mass is 10.2. The highest BCUT2D eigenvalue weighted by Gasteiger charge is 2.16. The molecule has 0 aliphatic heterocycles. The van der Waals surface area contributed by atoms with Gasteiger partial charge in [-0.25, -0.2) is 13.6 Å². The number of benzene rings is 2. The van der Waals surface area contributed by atoms with Crippen molar-refractivity contribution in [1.82, 2.24) is 0 Å². The van der Waals surface area contributed by atoms with Crippen LogP contribution in [-0.4, -0.2) is 21.4 Å². The Hall–Kier alpha value is -1.80. The summed E-state index contributed by atoms with van der Waals surface area (Å²) in [6, 6.07) is 8.45. The largest absolute Gasteiger partial charge is 0.495 e. The second kappa shape index (κ2) is 6.76. The Morgan fingerprint density at radius 3 is 2.39 bits per heavy atom. The first-order chi connectivity index (χ1) is 10.7. The second-order valence-corrected chi connectivity index (χ2v) is 6.84. The number of hydrogen-bond acceptors (Lipinski definition) is 4. The maximum absolute atomic E-state index is 12.2. The van der Waals surface area contributed by atoms with Crippen molar-refractivity contribution < 1.29 is 17.9 Å². The third-order valence-electron chi connectivity index (χ3n) is 2.91. The molecule has 23 heavy (non-hydrogen) atoms. The van der Waals surface area contributed by atoms with E-state index in [1.165, 1.54) is 43.5 Å². The van der Waals surface area contributed by atoms with E-state index in [9.17, 15) is 13.2 Å².